The van der Waals surface area contributed by atoms with Gasteiger partial charge < -0.3 is 10.2 Å². The maximum atomic E-state index is 12.5. The van der Waals surface area contributed by atoms with Gasteiger partial charge in [0.2, 0.25) is 0 Å². The minimum atomic E-state index is 0.126. The van der Waals surface area contributed by atoms with Crippen LogP contribution in [0.3, 0.4) is 0 Å². The molecule has 1 heterocycles. The molecule has 0 aromatic heterocycles. The van der Waals surface area contributed by atoms with Gasteiger partial charge in [-0.1, -0.05) is 32.9 Å². The fourth-order valence-electron chi connectivity index (χ4n) is 2.41. The Labute approximate surface area is 116 Å². The van der Waals surface area contributed by atoms with Crippen molar-refractivity contribution in [1.29, 1.82) is 0 Å². The summed E-state index contributed by atoms with van der Waals surface area (Å²) in [4.78, 5) is 14.4. The standard InChI is InChI=1S/C16H24N2O/c1-12-11-13(16(2,3)4)5-6-14(12)15(19)18-9-7-17-8-10-18/h5-6,11,17H,7-10H2,1-4H3. The van der Waals surface area contributed by atoms with Gasteiger partial charge in [-0.25, -0.2) is 0 Å². The number of hydrogen-bond donors (Lipinski definition) is 1. The molecule has 0 spiro atoms. The summed E-state index contributed by atoms with van der Waals surface area (Å²) in [5.74, 6) is 0.166. The van der Waals surface area contributed by atoms with Crippen molar-refractivity contribution in [3.05, 3.63) is 34.9 Å². The summed E-state index contributed by atoms with van der Waals surface area (Å²) >= 11 is 0. The van der Waals surface area contributed by atoms with Gasteiger partial charge in [0, 0.05) is 31.7 Å². The molecule has 0 saturated carbocycles. The Kier molecular flexibility index (Phi) is 3.95. The molecule has 3 heteroatoms. The maximum Gasteiger partial charge on any atom is 0.254 e. The average molecular weight is 260 g/mol. The van der Waals surface area contributed by atoms with Crippen molar-refractivity contribution in [3.8, 4) is 0 Å². The molecule has 0 aliphatic carbocycles. The number of carbonyl (C=O) groups excluding carboxylic acids is 1. The van der Waals surface area contributed by atoms with Crippen LogP contribution in [0.4, 0.5) is 0 Å². The first kappa shape index (κ1) is 14.1. The molecule has 1 saturated heterocycles. The first-order chi connectivity index (χ1) is 8.89. The SMILES string of the molecule is Cc1cc(C(C)(C)C)ccc1C(=O)N1CCNCC1. The van der Waals surface area contributed by atoms with Crippen LogP contribution in [0.1, 0.15) is 42.3 Å². The number of benzene rings is 1. The number of amides is 1. The van der Waals surface area contributed by atoms with Crippen molar-refractivity contribution in [2.24, 2.45) is 0 Å². The van der Waals surface area contributed by atoms with E-state index in [1.807, 2.05) is 17.9 Å². The lowest BCUT2D eigenvalue weighted by molar-refractivity contribution is 0.0735. The minimum Gasteiger partial charge on any atom is -0.336 e. The van der Waals surface area contributed by atoms with E-state index in [9.17, 15) is 4.79 Å². The van der Waals surface area contributed by atoms with Gasteiger partial charge in [0.15, 0.2) is 0 Å². The van der Waals surface area contributed by atoms with Gasteiger partial charge >= 0.3 is 0 Å². The highest BCUT2D eigenvalue weighted by molar-refractivity contribution is 5.95. The summed E-state index contributed by atoms with van der Waals surface area (Å²) in [6.45, 7) is 12.0. The largest absolute Gasteiger partial charge is 0.336 e. The molecular weight excluding hydrogens is 236 g/mol. The van der Waals surface area contributed by atoms with Gasteiger partial charge in [-0.2, -0.15) is 0 Å². The molecule has 1 aromatic rings. The number of nitrogens with one attached hydrogen (secondary N) is 1. The van der Waals surface area contributed by atoms with E-state index >= 15 is 0 Å². The second kappa shape index (κ2) is 5.33. The van der Waals surface area contributed by atoms with E-state index in [1.54, 1.807) is 0 Å². The summed E-state index contributed by atoms with van der Waals surface area (Å²) in [6, 6.07) is 6.22. The van der Waals surface area contributed by atoms with Gasteiger partial charge in [0.05, 0.1) is 0 Å². The molecule has 0 bridgehead atoms. The predicted molar refractivity (Wildman–Crippen MR) is 78.7 cm³/mol. The second-order valence-electron chi connectivity index (χ2n) is 6.32. The average Bonchev–Trinajstić information content (AvgIpc) is 2.38. The third-order valence-electron chi connectivity index (χ3n) is 3.73. The van der Waals surface area contributed by atoms with Crippen molar-refractivity contribution >= 4 is 5.91 Å². The van der Waals surface area contributed by atoms with E-state index in [1.165, 1.54) is 5.56 Å². The van der Waals surface area contributed by atoms with Crippen LogP contribution in [0.15, 0.2) is 18.2 Å². The summed E-state index contributed by atoms with van der Waals surface area (Å²) in [7, 11) is 0. The molecule has 1 N–H and O–H groups in total. The number of aryl methyl sites for hydroxylation is 1. The topological polar surface area (TPSA) is 32.3 Å². The Balaban J connectivity index is 2.23. The molecule has 2 rings (SSSR count). The smallest absolute Gasteiger partial charge is 0.254 e. The van der Waals surface area contributed by atoms with Gasteiger partial charge in [0.1, 0.15) is 0 Å². The highest BCUT2D eigenvalue weighted by Crippen LogP contribution is 2.25. The first-order valence-corrected chi connectivity index (χ1v) is 7.01. The van der Waals surface area contributed by atoms with Crippen LogP contribution >= 0.6 is 0 Å². The molecule has 0 atom stereocenters. The van der Waals surface area contributed by atoms with E-state index < -0.39 is 0 Å². The third-order valence-corrected chi connectivity index (χ3v) is 3.73. The fourth-order valence-corrected chi connectivity index (χ4v) is 2.41. The van der Waals surface area contributed by atoms with E-state index in [0.717, 1.165) is 37.3 Å². The van der Waals surface area contributed by atoms with Crippen LogP contribution in [-0.4, -0.2) is 37.0 Å². The Morgan fingerprint density at radius 2 is 1.84 bits per heavy atom. The molecular formula is C16H24N2O. The quantitative estimate of drug-likeness (QED) is 0.840. The fraction of sp³-hybridized carbons (Fsp3) is 0.562. The molecule has 0 unspecified atom stereocenters. The van der Waals surface area contributed by atoms with Crippen LogP contribution in [0.5, 0.6) is 0 Å². The molecule has 1 aliphatic heterocycles. The highest BCUT2D eigenvalue weighted by atomic mass is 16.2. The number of rotatable bonds is 1. The van der Waals surface area contributed by atoms with E-state index in [4.69, 9.17) is 0 Å². The lowest BCUT2D eigenvalue weighted by atomic mass is 9.85. The Bertz CT molecular complexity index is 468. The number of piperazine rings is 1. The van der Waals surface area contributed by atoms with Crippen LogP contribution in [0, 0.1) is 6.92 Å². The number of hydrogen-bond acceptors (Lipinski definition) is 2. The Hall–Kier alpha value is -1.35. The van der Waals surface area contributed by atoms with Crippen LogP contribution < -0.4 is 5.32 Å². The Morgan fingerprint density at radius 3 is 2.37 bits per heavy atom. The van der Waals surface area contributed by atoms with E-state index in [0.29, 0.717) is 0 Å². The van der Waals surface area contributed by atoms with Gasteiger partial charge in [0.25, 0.3) is 5.91 Å². The van der Waals surface area contributed by atoms with Crippen molar-refractivity contribution in [1.82, 2.24) is 10.2 Å². The molecule has 19 heavy (non-hydrogen) atoms. The first-order valence-electron chi connectivity index (χ1n) is 7.01. The predicted octanol–water partition coefficient (Wildman–Crippen LogP) is 2.34. The number of carbonyl (C=O) groups is 1. The van der Waals surface area contributed by atoms with Crippen molar-refractivity contribution in [2.45, 2.75) is 33.1 Å². The lowest BCUT2D eigenvalue weighted by Gasteiger charge is -2.28. The van der Waals surface area contributed by atoms with Gasteiger partial charge in [-0.05, 0) is 29.5 Å². The monoisotopic (exact) mass is 260 g/mol. The highest BCUT2D eigenvalue weighted by Gasteiger charge is 2.21. The van der Waals surface area contributed by atoms with Crippen molar-refractivity contribution in [3.63, 3.8) is 0 Å². The zero-order valence-electron chi connectivity index (χ0n) is 12.4. The van der Waals surface area contributed by atoms with Gasteiger partial charge in [-0.15, -0.1) is 0 Å². The molecule has 1 amide bonds. The lowest BCUT2D eigenvalue weighted by Crippen LogP contribution is -2.46. The molecule has 1 fully saturated rings. The molecule has 3 nitrogen and oxygen atoms in total. The Morgan fingerprint density at radius 1 is 1.21 bits per heavy atom. The zero-order valence-corrected chi connectivity index (χ0v) is 12.4. The zero-order chi connectivity index (χ0) is 14.0. The summed E-state index contributed by atoms with van der Waals surface area (Å²) < 4.78 is 0. The third kappa shape index (κ3) is 3.16. The molecule has 1 aromatic carbocycles. The molecule has 104 valence electrons. The summed E-state index contributed by atoms with van der Waals surface area (Å²) in [5.41, 5.74) is 3.33. The maximum absolute atomic E-state index is 12.5. The van der Waals surface area contributed by atoms with E-state index in [-0.39, 0.29) is 11.3 Å². The normalized spacial score (nSPS) is 16.5. The van der Waals surface area contributed by atoms with Gasteiger partial charge in [-0.3, -0.25) is 4.79 Å². The van der Waals surface area contributed by atoms with Crippen molar-refractivity contribution in [2.75, 3.05) is 26.2 Å². The van der Waals surface area contributed by atoms with Crippen molar-refractivity contribution < 1.29 is 4.79 Å². The van der Waals surface area contributed by atoms with Crippen LogP contribution in [-0.2, 0) is 5.41 Å². The number of nitrogens with zero attached hydrogens (tertiary/aromatic N) is 1. The van der Waals surface area contributed by atoms with E-state index in [2.05, 4.69) is 38.2 Å². The second-order valence-corrected chi connectivity index (χ2v) is 6.32. The minimum absolute atomic E-state index is 0.126. The molecule has 0 radical (unpaired) electrons. The van der Waals surface area contributed by atoms with Crippen LogP contribution in [0.2, 0.25) is 0 Å². The van der Waals surface area contributed by atoms with Crippen LogP contribution in [0.25, 0.3) is 0 Å². The molecule has 1 aliphatic rings. The summed E-state index contributed by atoms with van der Waals surface area (Å²) in [5, 5.41) is 3.27. The summed E-state index contributed by atoms with van der Waals surface area (Å²) in [6.07, 6.45) is 0.